The Balaban J connectivity index is 2.24. The molecule has 2 heterocycles. The summed E-state index contributed by atoms with van der Waals surface area (Å²) in [5.41, 5.74) is 2.19. The lowest BCUT2D eigenvalue weighted by atomic mass is 10.1. The zero-order valence-corrected chi connectivity index (χ0v) is 13.3. The molecule has 0 aliphatic heterocycles. The highest BCUT2D eigenvalue weighted by Gasteiger charge is 2.21. The highest BCUT2D eigenvalue weighted by atomic mass is 32.1. The van der Waals surface area contributed by atoms with Gasteiger partial charge in [0.05, 0.1) is 35.7 Å². The van der Waals surface area contributed by atoms with E-state index in [1.165, 1.54) is 0 Å². The first kappa shape index (κ1) is 15.0. The maximum atomic E-state index is 5.43. The summed E-state index contributed by atoms with van der Waals surface area (Å²) in [6, 6.07) is 0.166. The molecule has 0 aliphatic carbocycles. The van der Waals surface area contributed by atoms with Crippen LogP contribution in [0.1, 0.15) is 35.8 Å². The van der Waals surface area contributed by atoms with Gasteiger partial charge in [-0.05, 0) is 19.9 Å². The summed E-state index contributed by atoms with van der Waals surface area (Å²) >= 11 is 1.69. The fourth-order valence-electron chi connectivity index (χ4n) is 2.28. The van der Waals surface area contributed by atoms with E-state index in [9.17, 15) is 0 Å². The van der Waals surface area contributed by atoms with Crippen LogP contribution in [0.2, 0.25) is 0 Å². The van der Waals surface area contributed by atoms with Gasteiger partial charge in [-0.1, -0.05) is 6.92 Å². The number of rotatable bonds is 7. The van der Waals surface area contributed by atoms with Crippen LogP contribution in [-0.4, -0.2) is 28.4 Å². The first-order valence-corrected chi connectivity index (χ1v) is 7.74. The molecule has 0 saturated carbocycles. The van der Waals surface area contributed by atoms with Crippen LogP contribution < -0.4 is 10.1 Å². The molecule has 110 valence electrons. The van der Waals surface area contributed by atoms with E-state index in [4.69, 9.17) is 4.74 Å². The number of hydrogen-bond acceptors (Lipinski definition) is 5. The molecule has 1 atom stereocenters. The summed E-state index contributed by atoms with van der Waals surface area (Å²) in [6.45, 7) is 5.16. The molecule has 6 heteroatoms. The third kappa shape index (κ3) is 3.37. The Bertz CT molecular complexity index is 549. The minimum Gasteiger partial charge on any atom is -0.493 e. The number of methoxy groups -OCH3 is 1. The smallest absolute Gasteiger partial charge is 0.161 e. The molecular formula is C14H22N4OS. The summed E-state index contributed by atoms with van der Waals surface area (Å²) in [7, 11) is 3.63. The number of hydrogen-bond donors (Lipinski definition) is 1. The topological polar surface area (TPSA) is 52.0 Å². The van der Waals surface area contributed by atoms with Crippen molar-refractivity contribution in [2.75, 3.05) is 13.7 Å². The summed E-state index contributed by atoms with van der Waals surface area (Å²) in [4.78, 5) is 4.56. The number of aromatic nitrogens is 3. The number of nitrogens with zero attached hydrogens (tertiary/aromatic N) is 3. The maximum Gasteiger partial charge on any atom is 0.161 e. The van der Waals surface area contributed by atoms with Crippen molar-refractivity contribution >= 4 is 11.3 Å². The standard InChI is InChI=1S/C14H22N4OS/c1-5-6-15-12(7-11-9-20-10(2)17-11)14-13(19-4)8-16-18(14)3/h8-9,12,15H,5-7H2,1-4H3. The minimum absolute atomic E-state index is 0.166. The van der Waals surface area contributed by atoms with Gasteiger partial charge >= 0.3 is 0 Å². The van der Waals surface area contributed by atoms with Gasteiger partial charge in [-0.25, -0.2) is 4.98 Å². The van der Waals surface area contributed by atoms with E-state index >= 15 is 0 Å². The Hall–Kier alpha value is -1.40. The average molecular weight is 294 g/mol. The van der Waals surface area contributed by atoms with Crippen LogP contribution in [0.4, 0.5) is 0 Å². The molecule has 0 radical (unpaired) electrons. The molecule has 0 fully saturated rings. The number of thiazole rings is 1. The fourth-order valence-corrected chi connectivity index (χ4v) is 2.90. The molecule has 0 bridgehead atoms. The van der Waals surface area contributed by atoms with Crippen LogP contribution in [0, 0.1) is 6.92 Å². The van der Waals surface area contributed by atoms with Gasteiger partial charge < -0.3 is 10.1 Å². The van der Waals surface area contributed by atoms with E-state index in [0.29, 0.717) is 0 Å². The normalized spacial score (nSPS) is 12.6. The first-order valence-electron chi connectivity index (χ1n) is 6.86. The zero-order valence-electron chi connectivity index (χ0n) is 12.5. The highest BCUT2D eigenvalue weighted by molar-refractivity contribution is 7.09. The van der Waals surface area contributed by atoms with Gasteiger partial charge in [-0.2, -0.15) is 5.10 Å². The Morgan fingerprint density at radius 2 is 2.30 bits per heavy atom. The average Bonchev–Trinajstić information content (AvgIpc) is 3.00. The van der Waals surface area contributed by atoms with Gasteiger partial charge in [0.1, 0.15) is 0 Å². The van der Waals surface area contributed by atoms with E-state index in [1.807, 2.05) is 18.7 Å². The Morgan fingerprint density at radius 3 is 2.90 bits per heavy atom. The molecular weight excluding hydrogens is 272 g/mol. The Morgan fingerprint density at radius 1 is 1.50 bits per heavy atom. The van der Waals surface area contributed by atoms with Gasteiger partial charge in [0, 0.05) is 18.8 Å². The summed E-state index contributed by atoms with van der Waals surface area (Å²) in [5, 5.41) is 11.1. The lowest BCUT2D eigenvalue weighted by Gasteiger charge is -2.19. The third-order valence-electron chi connectivity index (χ3n) is 3.22. The van der Waals surface area contributed by atoms with E-state index in [-0.39, 0.29) is 6.04 Å². The van der Waals surface area contributed by atoms with Gasteiger partial charge in [0.15, 0.2) is 5.75 Å². The predicted octanol–water partition coefficient (Wildman–Crippen LogP) is 2.48. The number of ether oxygens (including phenoxy) is 1. The molecule has 2 aromatic heterocycles. The molecule has 20 heavy (non-hydrogen) atoms. The van der Waals surface area contributed by atoms with Crippen LogP contribution in [0.25, 0.3) is 0 Å². The molecule has 2 aromatic rings. The quantitative estimate of drug-likeness (QED) is 0.852. The number of aryl methyl sites for hydroxylation is 2. The van der Waals surface area contributed by atoms with Crippen LogP contribution in [0.3, 0.4) is 0 Å². The zero-order chi connectivity index (χ0) is 14.5. The van der Waals surface area contributed by atoms with Crippen LogP contribution in [0.15, 0.2) is 11.6 Å². The second-order valence-corrected chi connectivity index (χ2v) is 5.85. The lowest BCUT2D eigenvalue weighted by Crippen LogP contribution is -2.26. The molecule has 5 nitrogen and oxygen atoms in total. The molecule has 0 saturated heterocycles. The van der Waals surface area contributed by atoms with Crippen molar-refractivity contribution in [2.45, 2.75) is 32.7 Å². The summed E-state index contributed by atoms with van der Waals surface area (Å²) in [5.74, 6) is 0.827. The molecule has 0 aromatic carbocycles. The van der Waals surface area contributed by atoms with Crippen molar-refractivity contribution in [3.63, 3.8) is 0 Å². The maximum absolute atomic E-state index is 5.43. The summed E-state index contributed by atoms with van der Waals surface area (Å²) in [6.07, 6.45) is 3.70. The Kier molecular flexibility index (Phi) is 5.14. The van der Waals surface area contributed by atoms with E-state index in [1.54, 1.807) is 24.6 Å². The van der Waals surface area contributed by atoms with Gasteiger partial charge in [0.25, 0.3) is 0 Å². The minimum atomic E-state index is 0.166. The lowest BCUT2D eigenvalue weighted by molar-refractivity contribution is 0.392. The summed E-state index contributed by atoms with van der Waals surface area (Å²) < 4.78 is 7.31. The SMILES string of the molecule is CCCNC(Cc1csc(C)n1)c1c(OC)cnn1C. The highest BCUT2D eigenvalue weighted by Crippen LogP contribution is 2.27. The second kappa shape index (κ2) is 6.85. The van der Waals surface area contributed by atoms with Crippen molar-refractivity contribution in [3.05, 3.63) is 28.0 Å². The first-order chi connectivity index (χ1) is 9.65. The molecule has 2 rings (SSSR count). The van der Waals surface area contributed by atoms with Crippen molar-refractivity contribution in [2.24, 2.45) is 7.05 Å². The van der Waals surface area contributed by atoms with Crippen LogP contribution in [0.5, 0.6) is 5.75 Å². The van der Waals surface area contributed by atoms with Crippen molar-refractivity contribution in [1.82, 2.24) is 20.1 Å². The largest absolute Gasteiger partial charge is 0.493 e. The molecule has 1 N–H and O–H groups in total. The van der Waals surface area contributed by atoms with Gasteiger partial charge in [-0.3, -0.25) is 4.68 Å². The van der Waals surface area contributed by atoms with Crippen LogP contribution in [-0.2, 0) is 13.5 Å². The predicted molar refractivity (Wildman–Crippen MR) is 81.3 cm³/mol. The molecule has 0 amide bonds. The van der Waals surface area contributed by atoms with E-state index in [0.717, 1.165) is 41.5 Å². The molecule has 0 spiro atoms. The van der Waals surface area contributed by atoms with Gasteiger partial charge in [-0.15, -0.1) is 11.3 Å². The monoisotopic (exact) mass is 294 g/mol. The fraction of sp³-hybridized carbons (Fsp3) is 0.571. The number of nitrogens with one attached hydrogen (secondary N) is 1. The Labute approximate surface area is 124 Å². The molecule has 1 unspecified atom stereocenters. The van der Waals surface area contributed by atoms with Crippen molar-refractivity contribution in [3.8, 4) is 5.75 Å². The van der Waals surface area contributed by atoms with E-state index in [2.05, 4.69) is 27.7 Å². The van der Waals surface area contributed by atoms with E-state index < -0.39 is 0 Å². The third-order valence-corrected chi connectivity index (χ3v) is 4.04. The van der Waals surface area contributed by atoms with Crippen molar-refractivity contribution in [1.29, 1.82) is 0 Å². The molecule has 0 aliphatic rings. The second-order valence-electron chi connectivity index (χ2n) is 4.79. The van der Waals surface area contributed by atoms with Crippen LogP contribution >= 0.6 is 11.3 Å². The van der Waals surface area contributed by atoms with Gasteiger partial charge in [0.2, 0.25) is 0 Å². The van der Waals surface area contributed by atoms with Crippen molar-refractivity contribution < 1.29 is 4.74 Å².